The zero-order valence-corrected chi connectivity index (χ0v) is 16.3. The molecule has 0 fully saturated rings. The highest BCUT2D eigenvalue weighted by Gasteiger charge is 2.19. The molecule has 0 radical (unpaired) electrons. The smallest absolute Gasteiger partial charge is 0.120 e. The minimum atomic E-state index is 0.621. The molecule has 0 unspecified atom stereocenters. The summed E-state index contributed by atoms with van der Waals surface area (Å²) >= 11 is 0. The standard InChI is InChI=1S/C24H20N4O/c1-3-29-17-10-11-20-19(15-17)18(12-13-25-20)23-22-9-4-5-14-28(22)27-24(23)21-8-6-7-16(2)26-21/h4-15H,3H2,1-2H3. The summed E-state index contributed by atoms with van der Waals surface area (Å²) < 4.78 is 7.65. The van der Waals surface area contributed by atoms with Gasteiger partial charge in [0.1, 0.15) is 11.4 Å². The van der Waals surface area contributed by atoms with Crippen LogP contribution in [0.1, 0.15) is 12.6 Å². The third-order valence-corrected chi connectivity index (χ3v) is 4.96. The van der Waals surface area contributed by atoms with E-state index in [-0.39, 0.29) is 0 Å². The molecule has 0 bridgehead atoms. The van der Waals surface area contributed by atoms with Crippen molar-refractivity contribution in [1.82, 2.24) is 19.6 Å². The van der Waals surface area contributed by atoms with Gasteiger partial charge in [0.05, 0.1) is 23.3 Å². The van der Waals surface area contributed by atoms with Gasteiger partial charge in [0, 0.05) is 29.0 Å². The lowest BCUT2D eigenvalue weighted by Gasteiger charge is -2.10. The van der Waals surface area contributed by atoms with Gasteiger partial charge in [-0.1, -0.05) is 12.1 Å². The van der Waals surface area contributed by atoms with Crippen molar-refractivity contribution in [2.75, 3.05) is 6.61 Å². The molecule has 5 aromatic rings. The quantitative estimate of drug-likeness (QED) is 0.423. The van der Waals surface area contributed by atoms with Crippen molar-refractivity contribution in [1.29, 1.82) is 0 Å². The zero-order valence-electron chi connectivity index (χ0n) is 16.3. The molecule has 0 N–H and O–H groups in total. The predicted molar refractivity (Wildman–Crippen MR) is 115 cm³/mol. The van der Waals surface area contributed by atoms with Crippen LogP contribution < -0.4 is 4.74 Å². The minimum Gasteiger partial charge on any atom is -0.494 e. The number of aromatic nitrogens is 4. The largest absolute Gasteiger partial charge is 0.494 e. The highest BCUT2D eigenvalue weighted by Crippen LogP contribution is 2.38. The van der Waals surface area contributed by atoms with E-state index in [0.717, 1.165) is 50.4 Å². The van der Waals surface area contributed by atoms with Crippen LogP contribution in [0.5, 0.6) is 5.75 Å². The van der Waals surface area contributed by atoms with Gasteiger partial charge in [-0.25, -0.2) is 4.52 Å². The van der Waals surface area contributed by atoms with Crippen LogP contribution in [0.3, 0.4) is 0 Å². The molecule has 29 heavy (non-hydrogen) atoms. The molecular weight excluding hydrogens is 360 g/mol. The Morgan fingerprint density at radius 3 is 2.79 bits per heavy atom. The van der Waals surface area contributed by atoms with E-state index < -0.39 is 0 Å². The van der Waals surface area contributed by atoms with E-state index in [4.69, 9.17) is 14.8 Å². The van der Waals surface area contributed by atoms with Crippen molar-refractivity contribution in [3.8, 4) is 28.3 Å². The number of hydrogen-bond acceptors (Lipinski definition) is 4. The average Bonchev–Trinajstić information content (AvgIpc) is 3.13. The summed E-state index contributed by atoms with van der Waals surface area (Å²) in [6.07, 6.45) is 3.81. The second kappa shape index (κ2) is 7.02. The molecule has 0 atom stereocenters. The van der Waals surface area contributed by atoms with Gasteiger partial charge in [0.25, 0.3) is 0 Å². The Morgan fingerprint density at radius 2 is 1.93 bits per heavy atom. The number of ether oxygens (including phenoxy) is 1. The van der Waals surface area contributed by atoms with Crippen LogP contribution in [0, 0.1) is 6.92 Å². The first kappa shape index (κ1) is 17.4. The third-order valence-electron chi connectivity index (χ3n) is 4.96. The van der Waals surface area contributed by atoms with Crippen LogP contribution in [0.2, 0.25) is 0 Å². The summed E-state index contributed by atoms with van der Waals surface area (Å²) in [4.78, 5) is 9.29. The number of pyridine rings is 3. The molecule has 0 saturated carbocycles. The van der Waals surface area contributed by atoms with E-state index in [1.54, 1.807) is 0 Å². The van der Waals surface area contributed by atoms with Crippen LogP contribution in [0.25, 0.3) is 38.9 Å². The maximum Gasteiger partial charge on any atom is 0.120 e. The molecule has 0 aliphatic rings. The molecule has 0 aliphatic carbocycles. The van der Waals surface area contributed by atoms with Crippen molar-refractivity contribution in [2.24, 2.45) is 0 Å². The molecule has 0 amide bonds. The second-order valence-electron chi connectivity index (χ2n) is 6.89. The zero-order chi connectivity index (χ0) is 19.8. The van der Waals surface area contributed by atoms with Gasteiger partial charge in [0.2, 0.25) is 0 Å². The Bertz CT molecular complexity index is 1340. The molecule has 0 spiro atoms. The van der Waals surface area contributed by atoms with Gasteiger partial charge in [0.15, 0.2) is 0 Å². The van der Waals surface area contributed by atoms with Crippen molar-refractivity contribution >= 4 is 16.4 Å². The molecule has 142 valence electrons. The molecule has 4 heterocycles. The lowest BCUT2D eigenvalue weighted by atomic mass is 9.98. The number of fused-ring (bicyclic) bond motifs is 2. The number of rotatable bonds is 4. The first-order chi connectivity index (χ1) is 14.2. The SMILES string of the molecule is CCOc1ccc2nccc(-c3c(-c4cccc(C)n4)nn4ccccc34)c2c1. The van der Waals surface area contributed by atoms with E-state index in [1.165, 1.54) is 0 Å². The fourth-order valence-corrected chi connectivity index (χ4v) is 3.72. The van der Waals surface area contributed by atoms with Gasteiger partial charge in [-0.05, 0) is 67.9 Å². The van der Waals surface area contributed by atoms with Crippen molar-refractivity contribution in [2.45, 2.75) is 13.8 Å². The van der Waals surface area contributed by atoms with Gasteiger partial charge < -0.3 is 4.74 Å². The number of benzene rings is 1. The Morgan fingerprint density at radius 1 is 1.00 bits per heavy atom. The van der Waals surface area contributed by atoms with Crippen molar-refractivity contribution < 1.29 is 4.74 Å². The molecule has 0 saturated heterocycles. The summed E-state index contributed by atoms with van der Waals surface area (Å²) in [5.41, 5.74) is 6.73. The van der Waals surface area contributed by atoms with Gasteiger partial charge in [-0.3, -0.25) is 9.97 Å². The fourth-order valence-electron chi connectivity index (χ4n) is 3.72. The summed E-state index contributed by atoms with van der Waals surface area (Å²) in [5.74, 6) is 0.834. The van der Waals surface area contributed by atoms with Gasteiger partial charge in [-0.2, -0.15) is 5.10 Å². The molecule has 4 aromatic heterocycles. The van der Waals surface area contributed by atoms with Gasteiger partial charge in [-0.15, -0.1) is 0 Å². The Kier molecular flexibility index (Phi) is 4.21. The van der Waals surface area contributed by atoms with Crippen LogP contribution in [0.15, 0.2) is 73.1 Å². The normalized spacial score (nSPS) is 11.2. The van der Waals surface area contributed by atoms with Crippen LogP contribution in [-0.2, 0) is 0 Å². The summed E-state index contributed by atoms with van der Waals surface area (Å²) in [7, 11) is 0. The first-order valence-electron chi connectivity index (χ1n) is 9.68. The highest BCUT2D eigenvalue weighted by molar-refractivity contribution is 6.03. The minimum absolute atomic E-state index is 0.621. The number of hydrogen-bond donors (Lipinski definition) is 0. The first-order valence-corrected chi connectivity index (χ1v) is 9.68. The lowest BCUT2D eigenvalue weighted by Crippen LogP contribution is -1.93. The fraction of sp³-hybridized carbons (Fsp3) is 0.125. The topological polar surface area (TPSA) is 52.3 Å². The summed E-state index contributed by atoms with van der Waals surface area (Å²) in [6, 6.07) is 20.2. The van der Waals surface area contributed by atoms with E-state index >= 15 is 0 Å². The van der Waals surface area contributed by atoms with Crippen LogP contribution in [0.4, 0.5) is 0 Å². The molecule has 1 aromatic carbocycles. The maximum absolute atomic E-state index is 5.74. The number of nitrogens with zero attached hydrogens (tertiary/aromatic N) is 4. The summed E-state index contributed by atoms with van der Waals surface area (Å²) in [6.45, 7) is 4.60. The molecule has 0 aliphatic heterocycles. The second-order valence-corrected chi connectivity index (χ2v) is 6.89. The molecule has 5 heteroatoms. The van der Waals surface area contributed by atoms with E-state index in [1.807, 2.05) is 79.3 Å². The van der Waals surface area contributed by atoms with E-state index in [9.17, 15) is 0 Å². The Labute approximate surface area is 168 Å². The average molecular weight is 380 g/mol. The van der Waals surface area contributed by atoms with Crippen molar-refractivity contribution in [3.63, 3.8) is 0 Å². The van der Waals surface area contributed by atoms with Crippen molar-refractivity contribution in [3.05, 3.63) is 78.8 Å². The highest BCUT2D eigenvalue weighted by atomic mass is 16.5. The monoisotopic (exact) mass is 380 g/mol. The number of aryl methyl sites for hydroxylation is 1. The van der Waals surface area contributed by atoms with Crippen LogP contribution >= 0.6 is 0 Å². The summed E-state index contributed by atoms with van der Waals surface area (Å²) in [5, 5.41) is 5.90. The third kappa shape index (κ3) is 3.01. The molecular formula is C24H20N4O. The lowest BCUT2D eigenvalue weighted by molar-refractivity contribution is 0.340. The van der Waals surface area contributed by atoms with E-state index in [0.29, 0.717) is 6.61 Å². The predicted octanol–water partition coefficient (Wildman–Crippen LogP) is 5.32. The van der Waals surface area contributed by atoms with Gasteiger partial charge >= 0.3 is 0 Å². The molecule has 5 rings (SSSR count). The van der Waals surface area contributed by atoms with E-state index in [2.05, 4.69) is 17.1 Å². The Hall–Kier alpha value is -3.73. The molecule has 5 nitrogen and oxygen atoms in total. The maximum atomic E-state index is 5.74. The Balaban J connectivity index is 1.85. The van der Waals surface area contributed by atoms with Crippen LogP contribution in [-0.4, -0.2) is 26.2 Å².